The second-order valence-electron chi connectivity index (χ2n) is 3.72. The Kier molecular flexibility index (Phi) is 1.66. The van der Waals surface area contributed by atoms with Crippen LogP contribution in [0.5, 0.6) is 0 Å². The Bertz CT molecular complexity index is 301. The third-order valence-corrected chi connectivity index (χ3v) is 1.51. The first-order valence-corrected chi connectivity index (χ1v) is 3.61. The zero-order valence-electron chi connectivity index (χ0n) is 7.32. The van der Waals surface area contributed by atoms with E-state index in [1.807, 2.05) is 27.7 Å². The summed E-state index contributed by atoms with van der Waals surface area (Å²) in [5.41, 5.74) is 0.728. The van der Waals surface area contributed by atoms with Crippen LogP contribution in [0.25, 0.3) is 0 Å². The lowest BCUT2D eigenvalue weighted by molar-refractivity contribution is 0.386. The fourth-order valence-corrected chi connectivity index (χ4v) is 1.12. The number of hydrogen-bond acceptors (Lipinski definition) is 2. The lowest BCUT2D eigenvalue weighted by Gasteiger charge is -2.14. The summed E-state index contributed by atoms with van der Waals surface area (Å²) < 4.78 is 4.97. The molecule has 1 rings (SSSR count). The van der Waals surface area contributed by atoms with Crippen molar-refractivity contribution in [3.63, 3.8) is 0 Å². The minimum Gasteiger partial charge on any atom is -0.412 e. The molecule has 0 amide bonds. The number of aromatic nitrogens is 1. The number of hydrogen-bond donors (Lipinski definition) is 1. The van der Waals surface area contributed by atoms with Crippen LogP contribution in [-0.4, -0.2) is 4.98 Å². The summed E-state index contributed by atoms with van der Waals surface area (Å²) in [5.74, 6) is 0.370. The molecular formula is C8H13NO2. The first-order chi connectivity index (χ1) is 4.91. The highest BCUT2D eigenvalue weighted by Gasteiger charge is 2.21. The maximum absolute atomic E-state index is 10.7. The van der Waals surface area contributed by atoms with E-state index in [-0.39, 0.29) is 11.2 Å². The molecule has 1 aromatic heterocycles. The van der Waals surface area contributed by atoms with Gasteiger partial charge in [-0.3, -0.25) is 4.98 Å². The van der Waals surface area contributed by atoms with Gasteiger partial charge in [0.15, 0.2) is 0 Å². The average molecular weight is 155 g/mol. The van der Waals surface area contributed by atoms with Gasteiger partial charge in [-0.15, -0.1) is 0 Å². The molecule has 62 valence electrons. The summed E-state index contributed by atoms with van der Waals surface area (Å²) in [5, 5.41) is 0. The maximum Gasteiger partial charge on any atom is 0.416 e. The average Bonchev–Trinajstić information content (AvgIpc) is 2.08. The van der Waals surface area contributed by atoms with Crippen LogP contribution in [0.1, 0.15) is 32.2 Å². The lowest BCUT2D eigenvalue weighted by Crippen LogP contribution is -2.11. The van der Waals surface area contributed by atoms with Gasteiger partial charge in [-0.1, -0.05) is 20.8 Å². The van der Waals surface area contributed by atoms with Crippen LogP contribution in [0, 0.1) is 6.92 Å². The van der Waals surface area contributed by atoms with Gasteiger partial charge in [0.05, 0.1) is 5.69 Å². The third-order valence-electron chi connectivity index (χ3n) is 1.51. The Balaban J connectivity index is 3.24. The highest BCUT2D eigenvalue weighted by atomic mass is 16.4. The summed E-state index contributed by atoms with van der Waals surface area (Å²) in [6, 6.07) is 0. The highest BCUT2D eigenvalue weighted by Crippen LogP contribution is 2.22. The van der Waals surface area contributed by atoms with Gasteiger partial charge in [-0.25, -0.2) is 4.79 Å². The fraction of sp³-hybridized carbons (Fsp3) is 0.625. The molecule has 0 aliphatic heterocycles. The standard InChI is InChI=1S/C8H13NO2/c1-5-6(8(2,3)4)11-7(10)9-5/h1-4H3,(H,9,10). The van der Waals surface area contributed by atoms with Crippen molar-refractivity contribution >= 4 is 0 Å². The summed E-state index contributed by atoms with van der Waals surface area (Å²) >= 11 is 0. The van der Waals surface area contributed by atoms with E-state index in [1.54, 1.807) is 0 Å². The van der Waals surface area contributed by atoms with Crippen LogP contribution in [0.15, 0.2) is 9.21 Å². The zero-order chi connectivity index (χ0) is 8.65. The van der Waals surface area contributed by atoms with Crippen molar-refractivity contribution in [2.75, 3.05) is 0 Å². The normalized spacial score (nSPS) is 12.0. The van der Waals surface area contributed by atoms with Crippen LogP contribution in [-0.2, 0) is 5.41 Å². The molecule has 0 aromatic carbocycles. The molecular weight excluding hydrogens is 142 g/mol. The van der Waals surface area contributed by atoms with Crippen LogP contribution >= 0.6 is 0 Å². The van der Waals surface area contributed by atoms with Crippen molar-refractivity contribution in [2.45, 2.75) is 33.1 Å². The van der Waals surface area contributed by atoms with Gasteiger partial charge < -0.3 is 4.42 Å². The van der Waals surface area contributed by atoms with Gasteiger partial charge in [-0.05, 0) is 6.92 Å². The molecule has 0 radical (unpaired) electrons. The predicted octanol–water partition coefficient (Wildman–Crippen LogP) is 1.57. The first kappa shape index (κ1) is 8.11. The Labute approximate surface area is 65.4 Å². The number of oxazole rings is 1. The summed E-state index contributed by atoms with van der Waals surface area (Å²) in [7, 11) is 0. The molecule has 0 atom stereocenters. The van der Waals surface area contributed by atoms with E-state index in [9.17, 15) is 4.79 Å². The van der Waals surface area contributed by atoms with E-state index >= 15 is 0 Å². The molecule has 0 saturated heterocycles. The summed E-state index contributed by atoms with van der Waals surface area (Å²) in [6.07, 6.45) is 0. The number of H-pyrrole nitrogens is 1. The van der Waals surface area contributed by atoms with Crippen LogP contribution in [0.2, 0.25) is 0 Å². The Morgan fingerprint density at radius 3 is 2.09 bits per heavy atom. The summed E-state index contributed by atoms with van der Waals surface area (Å²) in [6.45, 7) is 7.86. The Morgan fingerprint density at radius 2 is 1.91 bits per heavy atom. The van der Waals surface area contributed by atoms with E-state index in [4.69, 9.17) is 4.42 Å². The molecule has 1 aromatic rings. The minimum atomic E-state index is -0.368. The van der Waals surface area contributed by atoms with Gasteiger partial charge in [0.2, 0.25) is 0 Å². The first-order valence-electron chi connectivity index (χ1n) is 3.61. The molecule has 1 heterocycles. The van der Waals surface area contributed by atoms with Gasteiger partial charge in [0.1, 0.15) is 5.76 Å². The van der Waals surface area contributed by atoms with Crippen LogP contribution in [0.3, 0.4) is 0 Å². The molecule has 0 fully saturated rings. The number of nitrogens with one attached hydrogen (secondary N) is 1. The number of aromatic amines is 1. The van der Waals surface area contributed by atoms with Crippen molar-refractivity contribution in [3.8, 4) is 0 Å². The predicted molar refractivity (Wildman–Crippen MR) is 42.8 cm³/mol. The van der Waals surface area contributed by atoms with Gasteiger partial charge in [0, 0.05) is 5.41 Å². The van der Waals surface area contributed by atoms with E-state index in [0.717, 1.165) is 11.5 Å². The minimum absolute atomic E-state index is 0.0940. The largest absolute Gasteiger partial charge is 0.416 e. The number of aryl methyl sites for hydroxylation is 1. The van der Waals surface area contributed by atoms with E-state index in [1.165, 1.54) is 0 Å². The van der Waals surface area contributed by atoms with E-state index in [0.29, 0.717) is 0 Å². The van der Waals surface area contributed by atoms with Crippen molar-refractivity contribution < 1.29 is 4.42 Å². The third kappa shape index (κ3) is 1.53. The van der Waals surface area contributed by atoms with Gasteiger partial charge >= 0.3 is 5.76 Å². The zero-order valence-corrected chi connectivity index (χ0v) is 7.32. The van der Waals surface area contributed by atoms with Gasteiger partial charge in [-0.2, -0.15) is 0 Å². The van der Waals surface area contributed by atoms with Crippen molar-refractivity contribution in [1.82, 2.24) is 4.98 Å². The monoisotopic (exact) mass is 155 g/mol. The second kappa shape index (κ2) is 2.26. The SMILES string of the molecule is Cc1[nH]c(=O)oc1C(C)(C)C. The molecule has 0 saturated carbocycles. The van der Waals surface area contributed by atoms with Crippen molar-refractivity contribution in [2.24, 2.45) is 0 Å². The van der Waals surface area contributed by atoms with Crippen molar-refractivity contribution in [3.05, 3.63) is 22.0 Å². The molecule has 3 nitrogen and oxygen atoms in total. The smallest absolute Gasteiger partial charge is 0.412 e. The molecule has 0 bridgehead atoms. The Morgan fingerprint density at radius 1 is 1.36 bits per heavy atom. The maximum atomic E-state index is 10.7. The van der Waals surface area contributed by atoms with E-state index in [2.05, 4.69) is 4.98 Å². The van der Waals surface area contributed by atoms with Crippen LogP contribution < -0.4 is 5.76 Å². The highest BCUT2D eigenvalue weighted by molar-refractivity contribution is 5.13. The molecule has 0 aliphatic rings. The Hall–Kier alpha value is -0.990. The molecule has 0 unspecified atom stereocenters. The lowest BCUT2D eigenvalue weighted by atomic mass is 9.92. The molecule has 0 spiro atoms. The van der Waals surface area contributed by atoms with E-state index < -0.39 is 0 Å². The topological polar surface area (TPSA) is 46.0 Å². The molecule has 0 aliphatic carbocycles. The second-order valence-corrected chi connectivity index (χ2v) is 3.72. The van der Waals surface area contributed by atoms with Crippen molar-refractivity contribution in [1.29, 1.82) is 0 Å². The summed E-state index contributed by atoms with van der Waals surface area (Å²) in [4.78, 5) is 13.3. The fourth-order valence-electron chi connectivity index (χ4n) is 1.12. The quantitative estimate of drug-likeness (QED) is 0.618. The molecule has 1 N–H and O–H groups in total. The molecule has 11 heavy (non-hydrogen) atoms. The number of rotatable bonds is 0. The van der Waals surface area contributed by atoms with Crippen LogP contribution in [0.4, 0.5) is 0 Å². The van der Waals surface area contributed by atoms with Gasteiger partial charge in [0.25, 0.3) is 0 Å². The molecule has 3 heteroatoms.